The summed E-state index contributed by atoms with van der Waals surface area (Å²) in [6.07, 6.45) is 4.37. The van der Waals surface area contributed by atoms with Crippen molar-refractivity contribution in [1.29, 1.82) is 0 Å². The predicted molar refractivity (Wildman–Crippen MR) is 120 cm³/mol. The SMILES string of the molecule is CCOc1ncccc1-c1cc(NCc2coc(C)n2)c2c(n1)c(C)nn2[C@H](C)CC. The number of aryl methyl sites for hydroxylation is 2. The summed E-state index contributed by atoms with van der Waals surface area (Å²) in [5.74, 6) is 1.22. The molecule has 1 N–H and O–H groups in total. The topological polar surface area (TPSA) is 90.9 Å². The van der Waals surface area contributed by atoms with Gasteiger partial charge in [-0.3, -0.25) is 4.68 Å². The summed E-state index contributed by atoms with van der Waals surface area (Å²) in [5, 5.41) is 8.33. The van der Waals surface area contributed by atoms with Crippen molar-refractivity contribution in [2.75, 3.05) is 11.9 Å². The monoisotopic (exact) mass is 420 g/mol. The quantitative estimate of drug-likeness (QED) is 0.425. The van der Waals surface area contributed by atoms with E-state index in [1.807, 2.05) is 39.0 Å². The first-order chi connectivity index (χ1) is 15.0. The number of rotatable bonds is 8. The Labute approximate surface area is 181 Å². The van der Waals surface area contributed by atoms with Crippen LogP contribution in [-0.2, 0) is 6.54 Å². The van der Waals surface area contributed by atoms with Gasteiger partial charge in [-0.2, -0.15) is 5.10 Å². The molecular weight excluding hydrogens is 392 g/mol. The standard InChI is InChI=1S/C23H28N6O2/c1-6-14(3)29-22-20(25-12-17-13-31-16(5)26-17)11-19(27-21(22)15(4)28-29)18-9-8-10-24-23(18)30-7-2/h8-11,13-14H,6-7,12H2,1-5H3,(H,25,27)/t14-/m1/s1. The number of pyridine rings is 2. The first-order valence-corrected chi connectivity index (χ1v) is 10.6. The molecule has 0 saturated heterocycles. The summed E-state index contributed by atoms with van der Waals surface area (Å²) < 4.78 is 13.2. The predicted octanol–water partition coefficient (Wildman–Crippen LogP) is 5.08. The zero-order chi connectivity index (χ0) is 22.0. The van der Waals surface area contributed by atoms with Crippen LogP contribution in [0.2, 0.25) is 0 Å². The molecule has 162 valence electrons. The van der Waals surface area contributed by atoms with E-state index in [1.54, 1.807) is 12.5 Å². The van der Waals surface area contributed by atoms with Gasteiger partial charge in [0.2, 0.25) is 5.88 Å². The van der Waals surface area contributed by atoms with Gasteiger partial charge in [0, 0.05) is 19.2 Å². The van der Waals surface area contributed by atoms with Gasteiger partial charge in [-0.25, -0.2) is 15.0 Å². The number of fused-ring (bicyclic) bond motifs is 1. The van der Waals surface area contributed by atoms with Gasteiger partial charge in [-0.1, -0.05) is 6.92 Å². The molecule has 8 heteroatoms. The molecular formula is C23H28N6O2. The fourth-order valence-corrected chi connectivity index (χ4v) is 3.56. The summed E-state index contributed by atoms with van der Waals surface area (Å²) in [5.41, 5.74) is 6.15. The minimum Gasteiger partial charge on any atom is -0.477 e. The van der Waals surface area contributed by atoms with Crippen LogP contribution >= 0.6 is 0 Å². The lowest BCUT2D eigenvalue weighted by molar-refractivity contribution is 0.328. The van der Waals surface area contributed by atoms with Gasteiger partial charge in [0.25, 0.3) is 0 Å². The van der Waals surface area contributed by atoms with Gasteiger partial charge in [0.1, 0.15) is 17.3 Å². The second kappa shape index (κ2) is 8.75. The van der Waals surface area contributed by atoms with Crippen LogP contribution in [0.5, 0.6) is 5.88 Å². The van der Waals surface area contributed by atoms with Crippen molar-refractivity contribution in [2.45, 2.75) is 53.6 Å². The Bertz CT molecular complexity index is 1200. The number of nitrogens with one attached hydrogen (secondary N) is 1. The Kier molecular flexibility index (Phi) is 5.88. The van der Waals surface area contributed by atoms with Crippen molar-refractivity contribution in [2.24, 2.45) is 0 Å². The van der Waals surface area contributed by atoms with Crippen LogP contribution < -0.4 is 10.1 Å². The van der Waals surface area contributed by atoms with Crippen LogP contribution in [-0.4, -0.2) is 31.3 Å². The third-order valence-electron chi connectivity index (χ3n) is 5.29. The molecule has 4 heterocycles. The fourth-order valence-electron chi connectivity index (χ4n) is 3.56. The second-order valence-electron chi connectivity index (χ2n) is 7.54. The van der Waals surface area contributed by atoms with Gasteiger partial charge in [0.15, 0.2) is 5.89 Å². The maximum atomic E-state index is 5.75. The van der Waals surface area contributed by atoms with Crippen molar-refractivity contribution in [3.63, 3.8) is 0 Å². The van der Waals surface area contributed by atoms with Crippen LogP contribution in [0.15, 0.2) is 35.1 Å². The number of oxazole rings is 1. The van der Waals surface area contributed by atoms with Crippen molar-refractivity contribution in [3.05, 3.63) is 47.9 Å². The highest BCUT2D eigenvalue weighted by molar-refractivity contribution is 5.93. The zero-order valence-electron chi connectivity index (χ0n) is 18.6. The van der Waals surface area contributed by atoms with Gasteiger partial charge in [-0.15, -0.1) is 0 Å². The molecule has 8 nitrogen and oxygen atoms in total. The van der Waals surface area contributed by atoms with E-state index in [1.165, 1.54) is 0 Å². The lowest BCUT2D eigenvalue weighted by Crippen LogP contribution is -2.09. The average molecular weight is 421 g/mol. The number of anilines is 1. The molecule has 0 fully saturated rings. The lowest BCUT2D eigenvalue weighted by atomic mass is 10.1. The van der Waals surface area contributed by atoms with Gasteiger partial charge in [0.05, 0.1) is 41.5 Å². The molecule has 0 aromatic carbocycles. The molecule has 0 aliphatic carbocycles. The van der Waals surface area contributed by atoms with E-state index in [0.717, 1.165) is 45.8 Å². The van der Waals surface area contributed by atoms with Crippen LogP contribution in [0.1, 0.15) is 50.5 Å². The molecule has 0 aliphatic rings. The molecule has 4 aromatic heterocycles. The molecule has 0 spiro atoms. The Morgan fingerprint density at radius 2 is 2.06 bits per heavy atom. The molecule has 0 unspecified atom stereocenters. The second-order valence-corrected chi connectivity index (χ2v) is 7.54. The summed E-state index contributed by atoms with van der Waals surface area (Å²) in [4.78, 5) is 13.8. The Morgan fingerprint density at radius 1 is 1.23 bits per heavy atom. The van der Waals surface area contributed by atoms with E-state index in [9.17, 15) is 0 Å². The minimum absolute atomic E-state index is 0.246. The van der Waals surface area contributed by atoms with Crippen LogP contribution in [0.4, 0.5) is 5.69 Å². The number of ether oxygens (including phenoxy) is 1. The van der Waals surface area contributed by atoms with Gasteiger partial charge >= 0.3 is 0 Å². The Morgan fingerprint density at radius 3 is 2.77 bits per heavy atom. The third-order valence-corrected chi connectivity index (χ3v) is 5.29. The maximum absolute atomic E-state index is 5.75. The molecule has 0 amide bonds. The van der Waals surface area contributed by atoms with E-state index in [4.69, 9.17) is 19.2 Å². The Balaban J connectivity index is 1.87. The molecule has 0 bridgehead atoms. The zero-order valence-corrected chi connectivity index (χ0v) is 18.6. The largest absolute Gasteiger partial charge is 0.477 e. The van der Waals surface area contributed by atoms with E-state index < -0.39 is 0 Å². The Hall–Kier alpha value is -3.42. The number of aromatic nitrogens is 5. The molecule has 31 heavy (non-hydrogen) atoms. The van der Waals surface area contributed by atoms with Crippen molar-refractivity contribution < 1.29 is 9.15 Å². The highest BCUT2D eigenvalue weighted by atomic mass is 16.5. The number of hydrogen-bond acceptors (Lipinski definition) is 7. The normalized spacial score (nSPS) is 12.3. The smallest absolute Gasteiger partial charge is 0.222 e. The van der Waals surface area contributed by atoms with E-state index >= 15 is 0 Å². The summed E-state index contributed by atoms with van der Waals surface area (Å²) in [6, 6.07) is 6.15. The number of nitrogens with zero attached hydrogens (tertiary/aromatic N) is 5. The summed E-state index contributed by atoms with van der Waals surface area (Å²) >= 11 is 0. The molecule has 4 rings (SSSR count). The van der Waals surface area contributed by atoms with E-state index in [2.05, 4.69) is 33.8 Å². The van der Waals surface area contributed by atoms with E-state index in [-0.39, 0.29) is 6.04 Å². The average Bonchev–Trinajstić information content (AvgIpc) is 3.35. The summed E-state index contributed by atoms with van der Waals surface area (Å²) in [6.45, 7) is 11.2. The molecule has 1 atom stereocenters. The van der Waals surface area contributed by atoms with Gasteiger partial charge < -0.3 is 14.5 Å². The molecule has 0 aliphatic heterocycles. The van der Waals surface area contributed by atoms with Crippen molar-refractivity contribution in [1.82, 2.24) is 24.7 Å². The first-order valence-electron chi connectivity index (χ1n) is 10.6. The van der Waals surface area contributed by atoms with Crippen molar-refractivity contribution in [3.8, 4) is 17.1 Å². The summed E-state index contributed by atoms with van der Waals surface area (Å²) in [7, 11) is 0. The molecule has 0 saturated carbocycles. The lowest BCUT2D eigenvalue weighted by Gasteiger charge is -2.16. The van der Waals surface area contributed by atoms with Crippen LogP contribution in [0.3, 0.4) is 0 Å². The van der Waals surface area contributed by atoms with E-state index in [0.29, 0.717) is 24.9 Å². The van der Waals surface area contributed by atoms with Crippen LogP contribution in [0, 0.1) is 13.8 Å². The third kappa shape index (κ3) is 4.10. The first kappa shape index (κ1) is 20.8. The highest BCUT2D eigenvalue weighted by Crippen LogP contribution is 2.35. The fraction of sp³-hybridized carbons (Fsp3) is 0.391. The van der Waals surface area contributed by atoms with Crippen molar-refractivity contribution >= 4 is 16.7 Å². The number of hydrogen-bond donors (Lipinski definition) is 1. The molecule has 4 aromatic rings. The van der Waals surface area contributed by atoms with Gasteiger partial charge in [-0.05, 0) is 45.4 Å². The minimum atomic E-state index is 0.246. The van der Waals surface area contributed by atoms with Crippen LogP contribution in [0.25, 0.3) is 22.3 Å². The highest BCUT2D eigenvalue weighted by Gasteiger charge is 2.20. The molecule has 0 radical (unpaired) electrons. The maximum Gasteiger partial charge on any atom is 0.222 e.